The first kappa shape index (κ1) is 14.8. The number of aryl methyl sites for hydroxylation is 1. The Morgan fingerprint density at radius 3 is 2.33 bits per heavy atom. The van der Waals surface area contributed by atoms with Crippen molar-refractivity contribution in [3.8, 4) is 0 Å². The van der Waals surface area contributed by atoms with Crippen LogP contribution >= 0.6 is 0 Å². The van der Waals surface area contributed by atoms with Gasteiger partial charge in [0.05, 0.1) is 17.4 Å². The molecule has 1 heterocycles. The van der Waals surface area contributed by atoms with Crippen LogP contribution in [0.25, 0.3) is 0 Å². The molecule has 0 unspecified atom stereocenters. The van der Waals surface area contributed by atoms with Gasteiger partial charge in [0.1, 0.15) is 5.69 Å². The second kappa shape index (κ2) is 5.43. The summed E-state index contributed by atoms with van der Waals surface area (Å²) in [6.07, 6.45) is -3.40. The average molecular weight is 296 g/mol. The molecule has 110 valence electrons. The van der Waals surface area contributed by atoms with E-state index in [1.165, 1.54) is 18.2 Å². The summed E-state index contributed by atoms with van der Waals surface area (Å²) in [6, 6.07) is 6.70. The first-order valence-corrected chi connectivity index (χ1v) is 5.91. The number of halogens is 3. The van der Waals surface area contributed by atoms with Crippen molar-refractivity contribution in [2.75, 3.05) is 5.32 Å². The minimum atomic E-state index is -4.47. The molecule has 21 heavy (non-hydrogen) atoms. The Morgan fingerprint density at radius 1 is 1.19 bits per heavy atom. The number of rotatable bonds is 3. The third kappa shape index (κ3) is 3.50. The summed E-state index contributed by atoms with van der Waals surface area (Å²) in [4.78, 5) is 14.2. The van der Waals surface area contributed by atoms with E-state index in [4.69, 9.17) is 5.11 Å². The first-order valence-electron chi connectivity index (χ1n) is 5.91. The highest BCUT2D eigenvalue weighted by Gasteiger charge is 2.31. The summed E-state index contributed by atoms with van der Waals surface area (Å²) in [7, 11) is 0. The van der Waals surface area contributed by atoms with Gasteiger partial charge in [0.25, 0.3) is 0 Å². The molecule has 0 saturated carbocycles. The quantitative estimate of drug-likeness (QED) is 0.903. The summed E-state index contributed by atoms with van der Waals surface area (Å²) in [6.45, 7) is 1.64. The zero-order chi connectivity index (χ0) is 15.6. The maximum atomic E-state index is 12.4. The van der Waals surface area contributed by atoms with Crippen molar-refractivity contribution in [3.05, 3.63) is 53.3 Å². The molecule has 1 aromatic heterocycles. The van der Waals surface area contributed by atoms with Gasteiger partial charge in [0.15, 0.2) is 0 Å². The fraction of sp³-hybridized carbons (Fsp3) is 0.143. The van der Waals surface area contributed by atoms with E-state index in [0.717, 1.165) is 12.3 Å². The molecule has 0 aliphatic carbocycles. The second-order valence-corrected chi connectivity index (χ2v) is 4.39. The molecule has 0 spiro atoms. The number of carboxylic acid groups (broad SMARTS) is 1. The van der Waals surface area contributed by atoms with E-state index in [2.05, 4.69) is 10.3 Å². The predicted octanol–water partition coefficient (Wildman–Crippen LogP) is 3.85. The molecule has 0 aliphatic rings. The number of nitrogens with zero attached hydrogens (tertiary/aromatic N) is 1. The maximum Gasteiger partial charge on any atom is 0.433 e. The largest absolute Gasteiger partial charge is 0.478 e. The molecule has 0 atom stereocenters. The van der Waals surface area contributed by atoms with Crippen molar-refractivity contribution in [2.45, 2.75) is 13.1 Å². The lowest BCUT2D eigenvalue weighted by Gasteiger charge is -2.10. The van der Waals surface area contributed by atoms with Crippen LogP contribution in [0.3, 0.4) is 0 Å². The number of anilines is 2. The zero-order valence-electron chi connectivity index (χ0n) is 10.9. The number of carbonyl (C=O) groups is 1. The smallest absolute Gasteiger partial charge is 0.433 e. The summed E-state index contributed by atoms with van der Waals surface area (Å²) in [5.74, 6) is -1.03. The number of hydrogen-bond acceptors (Lipinski definition) is 3. The van der Waals surface area contributed by atoms with Crippen LogP contribution in [0.5, 0.6) is 0 Å². The molecule has 2 aromatic rings. The van der Waals surface area contributed by atoms with Crippen LogP contribution in [0.4, 0.5) is 24.5 Å². The molecule has 1 aromatic carbocycles. The molecule has 0 bridgehead atoms. The molecule has 0 saturated heterocycles. The molecule has 2 N–H and O–H groups in total. The fourth-order valence-electron chi connectivity index (χ4n) is 1.78. The summed E-state index contributed by atoms with van der Waals surface area (Å²) in [5.41, 5.74) is 0.702. The molecule has 0 aliphatic heterocycles. The van der Waals surface area contributed by atoms with Crippen molar-refractivity contribution in [1.29, 1.82) is 0 Å². The predicted molar refractivity (Wildman–Crippen MR) is 70.7 cm³/mol. The van der Waals surface area contributed by atoms with Crippen LogP contribution < -0.4 is 5.32 Å². The van der Waals surface area contributed by atoms with Gasteiger partial charge < -0.3 is 10.4 Å². The van der Waals surface area contributed by atoms with Crippen LogP contribution in [0.2, 0.25) is 0 Å². The number of aromatic carboxylic acids is 1. The zero-order valence-corrected chi connectivity index (χ0v) is 10.9. The lowest BCUT2D eigenvalue weighted by atomic mass is 10.1. The normalized spacial score (nSPS) is 11.2. The number of nitrogens with one attached hydrogen (secondary N) is 1. The number of hydrogen-bond donors (Lipinski definition) is 2. The van der Waals surface area contributed by atoms with E-state index in [1.807, 2.05) is 0 Å². The van der Waals surface area contributed by atoms with Gasteiger partial charge in [-0.05, 0) is 42.8 Å². The molecular weight excluding hydrogens is 285 g/mol. The highest BCUT2D eigenvalue weighted by atomic mass is 19.4. The van der Waals surface area contributed by atoms with Crippen LogP contribution in [0.15, 0.2) is 36.5 Å². The lowest BCUT2D eigenvalue weighted by Crippen LogP contribution is -2.07. The SMILES string of the molecule is Cc1cc(Nc2ccc(C(F)(F)F)nc2)ccc1C(=O)O. The standard InChI is InChI=1S/C14H11F3N2O2/c1-8-6-9(2-4-11(8)13(20)21)19-10-3-5-12(18-7-10)14(15,16)17/h2-7,19H,1H3,(H,20,21). The van der Waals surface area contributed by atoms with Crippen molar-refractivity contribution >= 4 is 17.3 Å². The van der Waals surface area contributed by atoms with Gasteiger partial charge in [0, 0.05) is 5.69 Å². The molecule has 2 rings (SSSR count). The Labute approximate surface area is 118 Å². The van der Waals surface area contributed by atoms with Gasteiger partial charge in [-0.3, -0.25) is 0 Å². The Kier molecular flexibility index (Phi) is 3.84. The average Bonchev–Trinajstić information content (AvgIpc) is 2.38. The Morgan fingerprint density at radius 2 is 1.86 bits per heavy atom. The van der Waals surface area contributed by atoms with E-state index in [0.29, 0.717) is 16.9 Å². The molecule has 0 amide bonds. The molecule has 7 heteroatoms. The summed E-state index contributed by atoms with van der Waals surface area (Å²) in [5, 5.41) is 11.8. The molecule has 0 radical (unpaired) electrons. The molecule has 0 fully saturated rings. The van der Waals surface area contributed by atoms with Crippen LogP contribution in [0, 0.1) is 6.92 Å². The van der Waals surface area contributed by atoms with Gasteiger partial charge in [0.2, 0.25) is 0 Å². The van der Waals surface area contributed by atoms with Gasteiger partial charge in [-0.25, -0.2) is 9.78 Å². The fourth-order valence-corrected chi connectivity index (χ4v) is 1.78. The summed E-state index contributed by atoms with van der Waals surface area (Å²) >= 11 is 0. The highest BCUT2D eigenvalue weighted by molar-refractivity contribution is 5.90. The number of pyridine rings is 1. The highest BCUT2D eigenvalue weighted by Crippen LogP contribution is 2.28. The first-order chi connectivity index (χ1) is 9.77. The van der Waals surface area contributed by atoms with E-state index in [-0.39, 0.29) is 5.56 Å². The van der Waals surface area contributed by atoms with Crippen LogP contribution in [-0.4, -0.2) is 16.1 Å². The molecular formula is C14H11F3N2O2. The van der Waals surface area contributed by atoms with Crippen LogP contribution in [0.1, 0.15) is 21.6 Å². The Balaban J connectivity index is 2.19. The topological polar surface area (TPSA) is 62.2 Å². The number of alkyl halides is 3. The van der Waals surface area contributed by atoms with Crippen molar-refractivity contribution < 1.29 is 23.1 Å². The lowest BCUT2D eigenvalue weighted by molar-refractivity contribution is -0.141. The Hall–Kier alpha value is -2.57. The van der Waals surface area contributed by atoms with Gasteiger partial charge in [-0.2, -0.15) is 13.2 Å². The van der Waals surface area contributed by atoms with E-state index >= 15 is 0 Å². The minimum absolute atomic E-state index is 0.172. The maximum absolute atomic E-state index is 12.4. The minimum Gasteiger partial charge on any atom is -0.478 e. The second-order valence-electron chi connectivity index (χ2n) is 4.39. The Bertz CT molecular complexity index is 667. The molecule has 4 nitrogen and oxygen atoms in total. The third-order valence-corrected chi connectivity index (χ3v) is 2.80. The van der Waals surface area contributed by atoms with Crippen LogP contribution in [-0.2, 0) is 6.18 Å². The number of aromatic nitrogens is 1. The number of carboxylic acids is 1. The number of benzene rings is 1. The van der Waals surface area contributed by atoms with Crippen molar-refractivity contribution in [3.63, 3.8) is 0 Å². The summed E-state index contributed by atoms with van der Waals surface area (Å²) < 4.78 is 37.1. The van der Waals surface area contributed by atoms with Crippen molar-refractivity contribution in [1.82, 2.24) is 4.98 Å². The van der Waals surface area contributed by atoms with Gasteiger partial charge in [-0.1, -0.05) is 0 Å². The van der Waals surface area contributed by atoms with Crippen molar-refractivity contribution in [2.24, 2.45) is 0 Å². The van der Waals surface area contributed by atoms with E-state index < -0.39 is 17.8 Å². The third-order valence-electron chi connectivity index (χ3n) is 2.80. The monoisotopic (exact) mass is 296 g/mol. The van der Waals surface area contributed by atoms with E-state index in [1.54, 1.807) is 13.0 Å². The van der Waals surface area contributed by atoms with Gasteiger partial charge >= 0.3 is 12.1 Å². The van der Waals surface area contributed by atoms with Gasteiger partial charge in [-0.15, -0.1) is 0 Å². The van der Waals surface area contributed by atoms with E-state index in [9.17, 15) is 18.0 Å².